The number of thiazole rings is 1. The van der Waals surface area contributed by atoms with Crippen LogP contribution in [0.3, 0.4) is 0 Å². The highest BCUT2D eigenvalue weighted by Crippen LogP contribution is 2.21. The van der Waals surface area contributed by atoms with Gasteiger partial charge in [-0.25, -0.2) is 4.98 Å². The molecule has 0 aliphatic carbocycles. The van der Waals surface area contributed by atoms with Gasteiger partial charge in [0.1, 0.15) is 4.88 Å². The fourth-order valence-electron chi connectivity index (χ4n) is 1.82. The molecule has 2 N–H and O–H groups in total. The molecule has 0 fully saturated rings. The van der Waals surface area contributed by atoms with E-state index in [1.165, 1.54) is 16.8 Å². The first-order valence-corrected chi connectivity index (χ1v) is 7.54. The van der Waals surface area contributed by atoms with E-state index in [4.69, 9.17) is 17.3 Å². The van der Waals surface area contributed by atoms with Crippen molar-refractivity contribution in [2.45, 2.75) is 13.0 Å². The summed E-state index contributed by atoms with van der Waals surface area (Å²) in [7, 11) is 0. The van der Waals surface area contributed by atoms with Gasteiger partial charge < -0.3 is 10.6 Å². The fourth-order valence-corrected chi connectivity index (χ4v) is 2.78. The van der Waals surface area contributed by atoms with Crippen LogP contribution in [0.15, 0.2) is 35.8 Å². The minimum Gasteiger partial charge on any atom is -0.370 e. The Bertz CT molecular complexity index is 630. The number of aromatic nitrogens is 1. The smallest absolute Gasteiger partial charge is 0.267 e. The number of primary amides is 1. The molecule has 5 nitrogen and oxygen atoms in total. The molecule has 0 aliphatic heterocycles. The van der Waals surface area contributed by atoms with Crippen LogP contribution in [0.4, 0.5) is 0 Å². The number of carbonyl (C=O) groups is 2. The van der Waals surface area contributed by atoms with Crippen LogP contribution >= 0.6 is 22.9 Å². The molecular weight excluding hydrogens is 310 g/mol. The van der Waals surface area contributed by atoms with E-state index in [2.05, 4.69) is 4.98 Å². The van der Waals surface area contributed by atoms with E-state index in [1.807, 2.05) is 30.3 Å². The molecule has 0 radical (unpaired) electrons. The van der Waals surface area contributed by atoms with Gasteiger partial charge in [-0.1, -0.05) is 41.9 Å². The van der Waals surface area contributed by atoms with E-state index in [1.54, 1.807) is 4.90 Å². The number of amides is 2. The topological polar surface area (TPSA) is 76.3 Å². The van der Waals surface area contributed by atoms with Gasteiger partial charge in [-0.3, -0.25) is 9.59 Å². The molecule has 1 aromatic carbocycles. The van der Waals surface area contributed by atoms with E-state index < -0.39 is 5.91 Å². The Kier molecular flexibility index (Phi) is 5.30. The van der Waals surface area contributed by atoms with Crippen molar-refractivity contribution >= 4 is 34.8 Å². The maximum Gasteiger partial charge on any atom is 0.267 e. The molecular formula is C14H14ClN3O2S. The molecule has 110 valence electrons. The molecule has 2 aromatic rings. The number of hydrogen-bond acceptors (Lipinski definition) is 4. The van der Waals surface area contributed by atoms with Gasteiger partial charge in [0.25, 0.3) is 5.91 Å². The third-order valence-corrected chi connectivity index (χ3v) is 4.06. The highest BCUT2D eigenvalue weighted by molar-refractivity contribution is 7.12. The fraction of sp³-hybridized carbons (Fsp3) is 0.214. The molecule has 0 bridgehead atoms. The van der Waals surface area contributed by atoms with Crippen molar-refractivity contribution in [1.82, 2.24) is 9.88 Å². The zero-order valence-electron chi connectivity index (χ0n) is 11.2. The van der Waals surface area contributed by atoms with E-state index in [0.717, 1.165) is 5.56 Å². The Morgan fingerprint density at radius 2 is 2.00 bits per heavy atom. The number of carbonyl (C=O) groups excluding carboxylic acids is 2. The highest BCUT2D eigenvalue weighted by Gasteiger charge is 2.21. The molecule has 2 amide bonds. The van der Waals surface area contributed by atoms with Crippen LogP contribution in [0.25, 0.3) is 0 Å². The predicted octanol–water partition coefficient (Wildman–Crippen LogP) is 2.31. The maximum atomic E-state index is 12.5. The SMILES string of the molecule is NC(=O)CCN(Cc1ccccc1)C(=O)c1scnc1Cl. The second-order valence-electron chi connectivity index (χ2n) is 4.40. The molecule has 0 saturated carbocycles. The minimum atomic E-state index is -0.448. The largest absolute Gasteiger partial charge is 0.370 e. The van der Waals surface area contributed by atoms with Crippen LogP contribution < -0.4 is 5.73 Å². The van der Waals surface area contributed by atoms with Crippen LogP contribution in [-0.4, -0.2) is 28.2 Å². The van der Waals surface area contributed by atoms with E-state index in [0.29, 0.717) is 11.4 Å². The Hall–Kier alpha value is -1.92. The molecule has 0 spiro atoms. The van der Waals surface area contributed by atoms with Crippen LogP contribution in [0, 0.1) is 0 Å². The predicted molar refractivity (Wildman–Crippen MR) is 82.1 cm³/mol. The Labute approximate surface area is 131 Å². The first-order chi connectivity index (χ1) is 10.1. The minimum absolute atomic E-state index is 0.106. The Morgan fingerprint density at radius 1 is 1.29 bits per heavy atom. The van der Waals surface area contributed by atoms with Crippen molar-refractivity contribution < 1.29 is 9.59 Å². The molecule has 21 heavy (non-hydrogen) atoms. The summed E-state index contributed by atoms with van der Waals surface area (Å²) in [6.45, 7) is 0.637. The average Bonchev–Trinajstić information content (AvgIpc) is 2.90. The van der Waals surface area contributed by atoms with Crippen LogP contribution in [-0.2, 0) is 11.3 Å². The summed E-state index contributed by atoms with van der Waals surface area (Å²) in [6, 6.07) is 9.52. The maximum absolute atomic E-state index is 12.5. The molecule has 2 rings (SSSR count). The van der Waals surface area contributed by atoms with Crippen LogP contribution in [0.5, 0.6) is 0 Å². The molecule has 0 aliphatic rings. The number of benzene rings is 1. The summed E-state index contributed by atoms with van der Waals surface area (Å²) in [5, 5.41) is 0.183. The Morgan fingerprint density at radius 3 is 2.57 bits per heavy atom. The highest BCUT2D eigenvalue weighted by atomic mass is 35.5. The summed E-state index contributed by atoms with van der Waals surface area (Å²) in [4.78, 5) is 29.3. The quantitative estimate of drug-likeness (QED) is 0.886. The molecule has 1 aromatic heterocycles. The third-order valence-electron chi connectivity index (χ3n) is 2.85. The lowest BCUT2D eigenvalue weighted by Gasteiger charge is -2.21. The van der Waals surface area contributed by atoms with Crippen LogP contribution in [0.1, 0.15) is 21.7 Å². The van der Waals surface area contributed by atoms with Crippen molar-refractivity contribution in [3.8, 4) is 0 Å². The van der Waals surface area contributed by atoms with Gasteiger partial charge in [0.2, 0.25) is 5.91 Å². The van der Waals surface area contributed by atoms with E-state index in [9.17, 15) is 9.59 Å². The van der Waals surface area contributed by atoms with Gasteiger partial charge >= 0.3 is 0 Å². The number of hydrogen-bond donors (Lipinski definition) is 1. The summed E-state index contributed by atoms with van der Waals surface area (Å²) in [5.41, 5.74) is 7.66. The van der Waals surface area contributed by atoms with Crippen molar-refractivity contribution in [1.29, 1.82) is 0 Å². The standard InChI is InChI=1S/C14H14ClN3O2S/c15-13-12(21-9-17-13)14(20)18(7-6-11(16)19)8-10-4-2-1-3-5-10/h1-5,9H,6-8H2,(H2,16,19). The average molecular weight is 324 g/mol. The molecule has 1 heterocycles. The molecule has 0 atom stereocenters. The van der Waals surface area contributed by atoms with E-state index in [-0.39, 0.29) is 24.0 Å². The molecule has 0 saturated heterocycles. The second kappa shape index (κ2) is 7.19. The van der Waals surface area contributed by atoms with Crippen molar-refractivity contribution in [2.24, 2.45) is 5.73 Å². The second-order valence-corrected chi connectivity index (χ2v) is 5.61. The molecule has 7 heteroatoms. The van der Waals surface area contributed by atoms with Crippen molar-refractivity contribution in [3.63, 3.8) is 0 Å². The van der Waals surface area contributed by atoms with Crippen molar-refractivity contribution in [2.75, 3.05) is 6.54 Å². The summed E-state index contributed by atoms with van der Waals surface area (Å²) in [6.07, 6.45) is 0.106. The van der Waals surface area contributed by atoms with E-state index >= 15 is 0 Å². The lowest BCUT2D eigenvalue weighted by atomic mass is 10.2. The van der Waals surface area contributed by atoms with Gasteiger partial charge in [0.15, 0.2) is 5.15 Å². The van der Waals surface area contributed by atoms with Crippen molar-refractivity contribution in [3.05, 3.63) is 51.4 Å². The zero-order valence-corrected chi connectivity index (χ0v) is 12.7. The lowest BCUT2D eigenvalue weighted by molar-refractivity contribution is -0.118. The Balaban J connectivity index is 2.17. The van der Waals surface area contributed by atoms with Gasteiger partial charge in [-0.05, 0) is 5.56 Å². The summed E-state index contributed by atoms with van der Waals surface area (Å²) < 4.78 is 0. The lowest BCUT2D eigenvalue weighted by Crippen LogP contribution is -2.33. The van der Waals surface area contributed by atoms with Gasteiger partial charge in [-0.15, -0.1) is 11.3 Å². The first kappa shape index (κ1) is 15.5. The van der Waals surface area contributed by atoms with Gasteiger partial charge in [0, 0.05) is 19.5 Å². The third kappa shape index (κ3) is 4.27. The molecule has 0 unspecified atom stereocenters. The number of nitrogens with zero attached hydrogens (tertiary/aromatic N) is 2. The summed E-state index contributed by atoms with van der Waals surface area (Å²) >= 11 is 7.08. The van der Waals surface area contributed by atoms with Crippen LogP contribution in [0.2, 0.25) is 5.15 Å². The van der Waals surface area contributed by atoms with Gasteiger partial charge in [0.05, 0.1) is 5.51 Å². The number of halogens is 1. The normalized spacial score (nSPS) is 10.3. The first-order valence-electron chi connectivity index (χ1n) is 6.28. The number of nitrogens with two attached hydrogens (primary N) is 1. The van der Waals surface area contributed by atoms with Gasteiger partial charge in [-0.2, -0.15) is 0 Å². The zero-order chi connectivity index (χ0) is 15.2. The number of rotatable bonds is 6. The monoisotopic (exact) mass is 323 g/mol. The summed E-state index contributed by atoms with van der Waals surface area (Å²) in [5.74, 6) is -0.691.